The summed E-state index contributed by atoms with van der Waals surface area (Å²) in [7, 11) is 1.86. The molecule has 1 heterocycles. The number of hydrogen-bond acceptors (Lipinski definition) is 3. The van der Waals surface area contributed by atoms with Gasteiger partial charge >= 0.3 is 0 Å². The highest BCUT2D eigenvalue weighted by Crippen LogP contribution is 2.09. The summed E-state index contributed by atoms with van der Waals surface area (Å²) in [4.78, 5) is 9.43. The third-order valence-corrected chi connectivity index (χ3v) is 4.95. The molecule has 0 atom stereocenters. The number of rotatable bonds is 11. The first-order valence-electron chi connectivity index (χ1n) is 10.2. The molecule has 5 heteroatoms. The van der Waals surface area contributed by atoms with E-state index in [1.165, 1.54) is 71.1 Å². The highest BCUT2D eigenvalue weighted by molar-refractivity contribution is 5.79. The van der Waals surface area contributed by atoms with Gasteiger partial charge in [-0.15, -0.1) is 0 Å². The third kappa shape index (κ3) is 10.1. The average Bonchev–Trinajstić information content (AvgIpc) is 2.88. The molecule has 1 aliphatic heterocycles. The van der Waals surface area contributed by atoms with Crippen LogP contribution < -0.4 is 10.6 Å². The Balaban J connectivity index is 2.01. The van der Waals surface area contributed by atoms with E-state index in [4.69, 9.17) is 0 Å². The summed E-state index contributed by atoms with van der Waals surface area (Å²) in [5, 5.41) is 6.88. The van der Waals surface area contributed by atoms with Crippen LogP contribution in [0.2, 0.25) is 0 Å². The number of hydrogen-bond donors (Lipinski definition) is 2. The van der Waals surface area contributed by atoms with Crippen molar-refractivity contribution in [1.29, 1.82) is 0 Å². The number of nitrogens with zero attached hydrogens (tertiary/aromatic N) is 3. The molecule has 0 aromatic rings. The molecule has 24 heavy (non-hydrogen) atoms. The lowest BCUT2D eigenvalue weighted by Crippen LogP contribution is -2.39. The van der Waals surface area contributed by atoms with Crippen LogP contribution in [0.4, 0.5) is 0 Å². The summed E-state index contributed by atoms with van der Waals surface area (Å²) in [5.74, 6) is 0.953. The second-order valence-corrected chi connectivity index (χ2v) is 6.77. The molecule has 142 valence electrons. The van der Waals surface area contributed by atoms with Crippen LogP contribution in [0.3, 0.4) is 0 Å². The van der Waals surface area contributed by atoms with Gasteiger partial charge in [0.2, 0.25) is 0 Å². The summed E-state index contributed by atoms with van der Waals surface area (Å²) >= 11 is 0. The number of nitrogens with one attached hydrogen (secondary N) is 2. The summed E-state index contributed by atoms with van der Waals surface area (Å²) in [6.45, 7) is 13.8. The summed E-state index contributed by atoms with van der Waals surface area (Å²) in [6.07, 6.45) is 9.24. The Morgan fingerprint density at radius 3 is 2.12 bits per heavy atom. The van der Waals surface area contributed by atoms with Crippen molar-refractivity contribution < 1.29 is 0 Å². The molecule has 5 nitrogen and oxygen atoms in total. The maximum Gasteiger partial charge on any atom is 0.190 e. The van der Waals surface area contributed by atoms with E-state index in [1.54, 1.807) is 0 Å². The fourth-order valence-corrected chi connectivity index (χ4v) is 3.30. The van der Waals surface area contributed by atoms with E-state index < -0.39 is 0 Å². The first-order chi connectivity index (χ1) is 11.8. The largest absolute Gasteiger partial charge is 0.356 e. The Morgan fingerprint density at radius 1 is 0.917 bits per heavy atom. The molecule has 0 aromatic heterocycles. The van der Waals surface area contributed by atoms with Gasteiger partial charge in [0.15, 0.2) is 5.96 Å². The highest BCUT2D eigenvalue weighted by atomic mass is 15.2. The fraction of sp³-hybridized carbons (Fsp3) is 0.947. The average molecular weight is 340 g/mol. The third-order valence-electron chi connectivity index (χ3n) is 4.95. The Kier molecular flexibility index (Phi) is 12.9. The van der Waals surface area contributed by atoms with E-state index in [0.717, 1.165) is 32.1 Å². The van der Waals surface area contributed by atoms with Crippen LogP contribution in [0.5, 0.6) is 0 Å². The predicted octanol–water partition coefficient (Wildman–Crippen LogP) is 2.54. The van der Waals surface area contributed by atoms with Gasteiger partial charge in [0.05, 0.1) is 0 Å². The minimum Gasteiger partial charge on any atom is -0.356 e. The van der Waals surface area contributed by atoms with Gasteiger partial charge in [-0.3, -0.25) is 4.99 Å². The van der Waals surface area contributed by atoms with Crippen LogP contribution in [0.25, 0.3) is 0 Å². The van der Waals surface area contributed by atoms with Gasteiger partial charge in [-0.05, 0) is 71.4 Å². The molecule has 0 amide bonds. The van der Waals surface area contributed by atoms with Crippen LogP contribution in [0.1, 0.15) is 58.8 Å². The summed E-state index contributed by atoms with van der Waals surface area (Å²) in [5.41, 5.74) is 0. The van der Waals surface area contributed by atoms with Crippen molar-refractivity contribution in [3.8, 4) is 0 Å². The molecule has 0 bridgehead atoms. The second-order valence-electron chi connectivity index (χ2n) is 6.77. The van der Waals surface area contributed by atoms with Gasteiger partial charge in [-0.1, -0.05) is 26.7 Å². The fourth-order valence-electron chi connectivity index (χ4n) is 3.30. The van der Waals surface area contributed by atoms with Crippen LogP contribution in [-0.2, 0) is 0 Å². The lowest BCUT2D eigenvalue weighted by Gasteiger charge is -2.20. The summed E-state index contributed by atoms with van der Waals surface area (Å²) in [6, 6.07) is 0. The van der Waals surface area contributed by atoms with Crippen LogP contribution in [0, 0.1) is 0 Å². The van der Waals surface area contributed by atoms with E-state index in [0.29, 0.717) is 0 Å². The van der Waals surface area contributed by atoms with Crippen molar-refractivity contribution in [3.63, 3.8) is 0 Å². The molecule has 2 N–H and O–H groups in total. The Hall–Kier alpha value is -0.810. The van der Waals surface area contributed by atoms with E-state index in [9.17, 15) is 0 Å². The van der Waals surface area contributed by atoms with E-state index >= 15 is 0 Å². The van der Waals surface area contributed by atoms with E-state index in [2.05, 4.69) is 39.3 Å². The molecule has 1 saturated heterocycles. The number of likely N-dealkylation sites (tertiary alicyclic amines) is 1. The van der Waals surface area contributed by atoms with Crippen molar-refractivity contribution in [2.75, 3.05) is 59.4 Å². The Morgan fingerprint density at radius 2 is 1.54 bits per heavy atom. The van der Waals surface area contributed by atoms with Gasteiger partial charge in [-0.25, -0.2) is 0 Å². The second kappa shape index (κ2) is 14.5. The molecular weight excluding hydrogens is 298 g/mol. The molecule has 0 saturated carbocycles. The lowest BCUT2D eigenvalue weighted by atomic mass is 10.2. The van der Waals surface area contributed by atoms with Crippen LogP contribution >= 0.6 is 0 Å². The van der Waals surface area contributed by atoms with Crippen LogP contribution in [0.15, 0.2) is 4.99 Å². The quantitative estimate of drug-likeness (QED) is 0.345. The molecule has 1 aliphatic rings. The highest BCUT2D eigenvalue weighted by Gasteiger charge is 2.08. The molecule has 0 aliphatic carbocycles. The van der Waals surface area contributed by atoms with E-state index in [-0.39, 0.29) is 0 Å². The van der Waals surface area contributed by atoms with Gasteiger partial charge in [-0.2, -0.15) is 0 Å². The first-order valence-corrected chi connectivity index (χ1v) is 10.2. The van der Waals surface area contributed by atoms with E-state index in [1.807, 2.05) is 7.05 Å². The standard InChI is InChI=1S/C19H41N5/c1-4-23(5-2)15-11-8-13-21-19(20-3)22-14-12-18-24-16-9-6-7-10-17-24/h4-18H2,1-3H3,(H2,20,21,22). The minimum absolute atomic E-state index is 0.953. The van der Waals surface area contributed by atoms with Crippen molar-refractivity contribution in [1.82, 2.24) is 20.4 Å². The topological polar surface area (TPSA) is 42.9 Å². The maximum atomic E-state index is 4.32. The zero-order chi connectivity index (χ0) is 17.5. The van der Waals surface area contributed by atoms with Crippen LogP contribution in [-0.4, -0.2) is 75.2 Å². The number of guanidine groups is 1. The zero-order valence-electron chi connectivity index (χ0n) is 16.4. The lowest BCUT2D eigenvalue weighted by molar-refractivity contribution is 0.282. The normalized spacial score (nSPS) is 17.1. The minimum atomic E-state index is 0.953. The van der Waals surface area contributed by atoms with Gasteiger partial charge < -0.3 is 20.4 Å². The molecular formula is C19H41N5. The number of unbranched alkanes of at least 4 members (excludes halogenated alkanes) is 1. The number of aliphatic imine (C=N–C) groups is 1. The molecule has 0 aromatic carbocycles. The Bertz CT molecular complexity index is 307. The van der Waals surface area contributed by atoms with Crippen molar-refractivity contribution in [2.24, 2.45) is 4.99 Å². The van der Waals surface area contributed by atoms with Gasteiger partial charge in [0.1, 0.15) is 0 Å². The summed E-state index contributed by atoms with van der Waals surface area (Å²) < 4.78 is 0. The smallest absolute Gasteiger partial charge is 0.190 e. The molecule has 1 fully saturated rings. The molecule has 0 spiro atoms. The van der Waals surface area contributed by atoms with Crippen molar-refractivity contribution in [3.05, 3.63) is 0 Å². The maximum absolute atomic E-state index is 4.32. The van der Waals surface area contributed by atoms with Crippen molar-refractivity contribution >= 4 is 5.96 Å². The predicted molar refractivity (Wildman–Crippen MR) is 106 cm³/mol. The zero-order valence-corrected chi connectivity index (χ0v) is 16.4. The molecule has 0 radical (unpaired) electrons. The molecule has 0 unspecified atom stereocenters. The first kappa shape index (κ1) is 21.2. The monoisotopic (exact) mass is 339 g/mol. The Labute approximate surface area is 150 Å². The van der Waals surface area contributed by atoms with Gasteiger partial charge in [0, 0.05) is 20.1 Å². The van der Waals surface area contributed by atoms with Gasteiger partial charge in [0.25, 0.3) is 0 Å². The molecule has 1 rings (SSSR count). The SMILES string of the molecule is CCN(CC)CCCCNC(=NC)NCCCN1CCCCCC1. The van der Waals surface area contributed by atoms with Crippen molar-refractivity contribution in [2.45, 2.75) is 58.8 Å².